The molecule has 2 aromatic rings. The van der Waals surface area contributed by atoms with Gasteiger partial charge in [-0.25, -0.2) is 0 Å². The van der Waals surface area contributed by atoms with Crippen molar-refractivity contribution in [1.82, 2.24) is 4.90 Å². The van der Waals surface area contributed by atoms with E-state index in [0.29, 0.717) is 25.1 Å². The van der Waals surface area contributed by atoms with E-state index >= 15 is 0 Å². The lowest BCUT2D eigenvalue weighted by Crippen LogP contribution is -2.45. The van der Waals surface area contributed by atoms with Crippen molar-refractivity contribution in [2.24, 2.45) is 11.8 Å². The van der Waals surface area contributed by atoms with E-state index in [9.17, 15) is 14.7 Å². The lowest BCUT2D eigenvalue weighted by atomic mass is 9.87. The van der Waals surface area contributed by atoms with Gasteiger partial charge in [-0.3, -0.25) is 9.59 Å². The zero-order valence-corrected chi connectivity index (χ0v) is 14.1. The Hall–Kier alpha value is -2.76. The highest BCUT2D eigenvalue weighted by Gasteiger charge is 2.34. The smallest absolute Gasteiger partial charge is 0.306 e. The van der Waals surface area contributed by atoms with E-state index in [2.05, 4.69) is 0 Å². The molecular weight excluding hydrogens is 322 g/mol. The van der Waals surface area contributed by atoms with Crippen LogP contribution in [0.2, 0.25) is 0 Å². The monoisotopic (exact) mass is 343 g/mol. The summed E-state index contributed by atoms with van der Waals surface area (Å²) in [6.07, 6.45) is 1.93. The second-order valence-electron chi connectivity index (χ2n) is 6.34. The van der Waals surface area contributed by atoms with Crippen LogP contribution in [0, 0.1) is 11.8 Å². The highest BCUT2D eigenvalue weighted by Crippen LogP contribution is 2.26. The third kappa shape index (κ3) is 3.84. The van der Waals surface area contributed by atoms with Crippen molar-refractivity contribution < 1.29 is 23.8 Å². The van der Waals surface area contributed by atoms with Crippen LogP contribution < -0.4 is 4.74 Å². The Bertz CT molecular complexity index is 739. The van der Waals surface area contributed by atoms with Gasteiger partial charge in [0.2, 0.25) is 0 Å². The Morgan fingerprint density at radius 2 is 2.04 bits per heavy atom. The van der Waals surface area contributed by atoms with E-state index in [1.807, 2.05) is 37.3 Å². The molecule has 132 valence electrons. The van der Waals surface area contributed by atoms with Gasteiger partial charge in [-0.15, -0.1) is 0 Å². The molecule has 0 saturated carbocycles. The summed E-state index contributed by atoms with van der Waals surface area (Å²) in [6, 6.07) is 11.1. The Balaban J connectivity index is 1.65. The van der Waals surface area contributed by atoms with Gasteiger partial charge in [0.05, 0.1) is 12.2 Å². The minimum absolute atomic E-state index is 0.0887. The zero-order valence-electron chi connectivity index (χ0n) is 14.1. The average Bonchev–Trinajstić information content (AvgIpc) is 3.08. The number of carbonyl (C=O) groups excluding carboxylic acids is 1. The third-order valence-electron chi connectivity index (χ3n) is 4.59. The van der Waals surface area contributed by atoms with Crippen molar-refractivity contribution in [2.75, 3.05) is 13.1 Å². The number of nitrogens with zero attached hydrogens (tertiary/aromatic N) is 1. The van der Waals surface area contributed by atoms with Gasteiger partial charge in [-0.2, -0.15) is 0 Å². The van der Waals surface area contributed by atoms with Crippen molar-refractivity contribution in [3.05, 3.63) is 54.0 Å². The number of hydrogen-bond acceptors (Lipinski definition) is 4. The van der Waals surface area contributed by atoms with Crippen molar-refractivity contribution in [1.29, 1.82) is 0 Å². The summed E-state index contributed by atoms with van der Waals surface area (Å²) in [5.41, 5.74) is 0.682. The molecule has 3 rings (SSSR count). The number of carbonyl (C=O) groups is 2. The van der Waals surface area contributed by atoms with Crippen LogP contribution in [-0.2, 0) is 11.4 Å². The summed E-state index contributed by atoms with van der Waals surface area (Å²) in [7, 11) is 0. The first kappa shape index (κ1) is 17.1. The van der Waals surface area contributed by atoms with Gasteiger partial charge >= 0.3 is 5.97 Å². The van der Waals surface area contributed by atoms with Crippen LogP contribution in [-0.4, -0.2) is 35.0 Å². The SMILES string of the molecule is CC1CN(C(=O)c2occc2COc2ccccc2)CCC1C(=O)O. The number of benzene rings is 1. The fourth-order valence-electron chi connectivity index (χ4n) is 3.16. The lowest BCUT2D eigenvalue weighted by Gasteiger charge is -2.34. The molecule has 1 amide bonds. The van der Waals surface area contributed by atoms with Crippen LogP contribution in [0.15, 0.2) is 47.1 Å². The van der Waals surface area contributed by atoms with Gasteiger partial charge in [0.25, 0.3) is 5.91 Å². The van der Waals surface area contributed by atoms with Gasteiger partial charge < -0.3 is 19.2 Å². The molecule has 1 N–H and O–H groups in total. The standard InChI is InChI=1S/C19H21NO5/c1-13-11-20(9-7-16(13)19(22)23)18(21)17-14(8-10-24-17)12-25-15-5-3-2-4-6-15/h2-6,8,10,13,16H,7,9,11-12H2,1H3,(H,22,23). The van der Waals surface area contributed by atoms with Crippen molar-refractivity contribution in [3.8, 4) is 5.75 Å². The highest BCUT2D eigenvalue weighted by atomic mass is 16.5. The molecule has 1 aliphatic rings. The number of likely N-dealkylation sites (tertiary alicyclic amines) is 1. The Labute approximate surface area is 146 Å². The van der Waals surface area contributed by atoms with E-state index in [0.717, 1.165) is 5.75 Å². The first-order chi connectivity index (χ1) is 12.1. The van der Waals surface area contributed by atoms with Gasteiger partial charge in [-0.05, 0) is 30.5 Å². The lowest BCUT2D eigenvalue weighted by molar-refractivity contribution is -0.145. The predicted octanol–water partition coefficient (Wildman–Crippen LogP) is 3.04. The quantitative estimate of drug-likeness (QED) is 0.902. The van der Waals surface area contributed by atoms with Crippen molar-refractivity contribution in [2.45, 2.75) is 20.0 Å². The zero-order chi connectivity index (χ0) is 17.8. The normalized spacial score (nSPS) is 20.3. The van der Waals surface area contributed by atoms with Crippen molar-refractivity contribution in [3.63, 3.8) is 0 Å². The minimum Gasteiger partial charge on any atom is -0.489 e. The van der Waals surface area contributed by atoms with Crippen LogP contribution in [0.1, 0.15) is 29.5 Å². The summed E-state index contributed by atoms with van der Waals surface area (Å²) in [5.74, 6) is -0.521. The number of rotatable bonds is 5. The second-order valence-corrected chi connectivity index (χ2v) is 6.34. The number of carboxylic acids is 1. The minimum atomic E-state index is -0.797. The van der Waals surface area contributed by atoms with Crippen molar-refractivity contribution >= 4 is 11.9 Å². The molecule has 1 aliphatic heterocycles. The summed E-state index contributed by atoms with van der Waals surface area (Å²) >= 11 is 0. The third-order valence-corrected chi connectivity index (χ3v) is 4.59. The molecule has 2 atom stereocenters. The van der Waals surface area contributed by atoms with E-state index in [-0.39, 0.29) is 24.2 Å². The molecule has 1 aromatic heterocycles. The molecule has 2 heterocycles. The number of piperidine rings is 1. The molecule has 1 aromatic carbocycles. The van der Waals surface area contributed by atoms with E-state index < -0.39 is 11.9 Å². The predicted molar refractivity (Wildman–Crippen MR) is 90.3 cm³/mol. The number of carboxylic acid groups (broad SMARTS) is 1. The van der Waals surface area contributed by atoms with E-state index in [1.54, 1.807) is 11.0 Å². The fourth-order valence-corrected chi connectivity index (χ4v) is 3.16. The molecule has 0 bridgehead atoms. The maximum atomic E-state index is 12.7. The largest absolute Gasteiger partial charge is 0.489 e. The van der Waals surface area contributed by atoms with Crippen LogP contribution in [0.4, 0.5) is 0 Å². The molecule has 25 heavy (non-hydrogen) atoms. The molecule has 1 fully saturated rings. The fraction of sp³-hybridized carbons (Fsp3) is 0.368. The molecule has 6 heteroatoms. The highest BCUT2D eigenvalue weighted by molar-refractivity contribution is 5.93. The first-order valence-electron chi connectivity index (χ1n) is 8.32. The van der Waals surface area contributed by atoms with Gasteiger partial charge in [-0.1, -0.05) is 25.1 Å². The molecule has 0 radical (unpaired) electrons. The Morgan fingerprint density at radius 1 is 1.28 bits per heavy atom. The van der Waals surface area contributed by atoms with Crippen LogP contribution in [0.5, 0.6) is 5.75 Å². The van der Waals surface area contributed by atoms with E-state index in [4.69, 9.17) is 9.15 Å². The molecule has 2 unspecified atom stereocenters. The number of ether oxygens (including phenoxy) is 1. The summed E-state index contributed by atoms with van der Waals surface area (Å²) in [5, 5.41) is 9.20. The maximum Gasteiger partial charge on any atom is 0.306 e. The summed E-state index contributed by atoms with van der Waals surface area (Å²) in [4.78, 5) is 25.6. The molecule has 0 spiro atoms. The van der Waals surface area contributed by atoms with Crippen LogP contribution >= 0.6 is 0 Å². The first-order valence-corrected chi connectivity index (χ1v) is 8.32. The van der Waals surface area contributed by atoms with Crippen LogP contribution in [0.25, 0.3) is 0 Å². The Morgan fingerprint density at radius 3 is 2.72 bits per heavy atom. The number of para-hydroxylation sites is 1. The summed E-state index contributed by atoms with van der Waals surface area (Å²) < 4.78 is 11.1. The second kappa shape index (κ2) is 7.42. The number of amides is 1. The van der Waals surface area contributed by atoms with Gasteiger partial charge in [0.15, 0.2) is 5.76 Å². The molecular formula is C19H21NO5. The molecule has 0 aliphatic carbocycles. The molecule has 6 nitrogen and oxygen atoms in total. The topological polar surface area (TPSA) is 80.0 Å². The Kier molecular flexibility index (Phi) is 5.07. The maximum absolute atomic E-state index is 12.7. The average molecular weight is 343 g/mol. The summed E-state index contributed by atoms with van der Waals surface area (Å²) in [6.45, 7) is 2.93. The van der Waals surface area contributed by atoms with E-state index in [1.165, 1.54) is 6.26 Å². The van der Waals surface area contributed by atoms with Gasteiger partial charge in [0.1, 0.15) is 12.4 Å². The molecule has 1 saturated heterocycles. The number of aliphatic carboxylic acids is 1. The van der Waals surface area contributed by atoms with Crippen LogP contribution in [0.3, 0.4) is 0 Å². The number of hydrogen-bond donors (Lipinski definition) is 1. The number of furan rings is 1. The van der Waals surface area contributed by atoms with Gasteiger partial charge in [0, 0.05) is 18.7 Å².